The molecular formula is C62H62N4OPt. The normalized spacial score (nSPS) is 17.9. The molecule has 3 aliphatic rings. The summed E-state index contributed by atoms with van der Waals surface area (Å²) >= 11 is 0. The molecule has 0 spiro atoms. The van der Waals surface area contributed by atoms with E-state index in [0.29, 0.717) is 5.90 Å². The number of aryl methyl sites for hydroxylation is 3. The molecule has 0 fully saturated rings. The maximum Gasteiger partial charge on any atom is 2.00 e. The maximum atomic E-state index is 7.41. The number of benzene rings is 6. The van der Waals surface area contributed by atoms with E-state index in [4.69, 9.17) is 14.7 Å². The molecule has 2 aliphatic heterocycles. The van der Waals surface area contributed by atoms with Gasteiger partial charge in [-0.15, -0.1) is 40.8 Å². The van der Waals surface area contributed by atoms with Crippen LogP contribution in [0.2, 0.25) is 0 Å². The first-order chi connectivity index (χ1) is 31.7. The molecule has 6 aromatic carbocycles. The molecule has 6 heteroatoms. The first kappa shape index (κ1) is 46.0. The summed E-state index contributed by atoms with van der Waals surface area (Å²) in [7, 11) is 0. The van der Waals surface area contributed by atoms with Gasteiger partial charge in [-0.05, 0) is 169 Å². The van der Waals surface area contributed by atoms with Crippen molar-refractivity contribution in [3.05, 3.63) is 181 Å². The summed E-state index contributed by atoms with van der Waals surface area (Å²) in [6, 6.07) is 39.7. The average Bonchev–Trinajstić information content (AvgIpc) is 3.82. The van der Waals surface area contributed by atoms with Gasteiger partial charge in [0.25, 0.3) is 0 Å². The molecular weight excluding hydrogens is 1010 g/mol. The van der Waals surface area contributed by atoms with Crippen molar-refractivity contribution in [1.82, 2.24) is 9.55 Å². The first-order valence-electron chi connectivity index (χ1n) is 24.1. The van der Waals surface area contributed by atoms with E-state index in [1.807, 2.05) is 6.20 Å². The Morgan fingerprint density at radius 1 is 0.706 bits per heavy atom. The number of ether oxygens (including phenoxy) is 1. The van der Waals surface area contributed by atoms with E-state index < -0.39 is 5.60 Å². The van der Waals surface area contributed by atoms with Crippen LogP contribution < -0.4 is 4.90 Å². The number of fused-ring (bicyclic) bond motifs is 11. The van der Waals surface area contributed by atoms with E-state index in [9.17, 15) is 0 Å². The Kier molecular flexibility index (Phi) is 10.6. The Bertz CT molecular complexity index is 3490. The number of nitrogens with zero attached hydrogens (tertiary/aromatic N) is 4. The fourth-order valence-corrected chi connectivity index (χ4v) is 11.5. The number of rotatable bonds is 4. The van der Waals surface area contributed by atoms with Crippen molar-refractivity contribution < 1.29 is 25.8 Å². The van der Waals surface area contributed by atoms with Crippen molar-refractivity contribution in [1.29, 1.82) is 0 Å². The van der Waals surface area contributed by atoms with Crippen LogP contribution in [0.3, 0.4) is 0 Å². The zero-order valence-electron chi connectivity index (χ0n) is 42.3. The topological polar surface area (TPSA) is 42.7 Å². The predicted molar refractivity (Wildman–Crippen MR) is 279 cm³/mol. The van der Waals surface area contributed by atoms with Gasteiger partial charge < -0.3 is 14.2 Å². The molecule has 5 nitrogen and oxygen atoms in total. The summed E-state index contributed by atoms with van der Waals surface area (Å²) in [5.41, 5.74) is 24.0. The summed E-state index contributed by atoms with van der Waals surface area (Å²) in [4.78, 5) is 13.1. The Morgan fingerprint density at radius 2 is 1.41 bits per heavy atom. The quantitative estimate of drug-likeness (QED) is 0.165. The second-order valence-corrected chi connectivity index (χ2v) is 22.0. The van der Waals surface area contributed by atoms with E-state index in [2.05, 4.69) is 210 Å². The van der Waals surface area contributed by atoms with Gasteiger partial charge in [0.05, 0.1) is 0 Å². The van der Waals surface area contributed by atoms with Crippen molar-refractivity contribution in [2.45, 2.75) is 132 Å². The van der Waals surface area contributed by atoms with Gasteiger partial charge in [0.2, 0.25) is 0 Å². The number of hydrogen-bond donors (Lipinski definition) is 0. The van der Waals surface area contributed by atoms with Crippen LogP contribution in [0.15, 0.2) is 96.1 Å². The third-order valence-electron chi connectivity index (χ3n) is 16.0. The molecule has 0 saturated carbocycles. The minimum atomic E-state index is -0.714. The van der Waals surface area contributed by atoms with E-state index in [1.54, 1.807) is 0 Å². The van der Waals surface area contributed by atoms with Crippen LogP contribution in [0.25, 0.3) is 38.8 Å². The van der Waals surface area contributed by atoms with Crippen LogP contribution in [0.1, 0.15) is 145 Å². The smallest absolute Gasteiger partial charge is 0.508 e. The number of aliphatic imine (C=N–C) groups is 1. The molecule has 0 unspecified atom stereocenters. The average molecular weight is 1070 g/mol. The van der Waals surface area contributed by atoms with Gasteiger partial charge in [-0.1, -0.05) is 113 Å². The summed E-state index contributed by atoms with van der Waals surface area (Å²) in [5, 5.41) is 2.37. The summed E-state index contributed by atoms with van der Waals surface area (Å²) in [5.74, 6) is 1.75. The van der Waals surface area contributed by atoms with Crippen molar-refractivity contribution in [3.8, 4) is 16.9 Å². The largest absolute Gasteiger partial charge is 2.00 e. The minimum absolute atomic E-state index is 0. The molecule has 4 heterocycles. The van der Waals surface area contributed by atoms with Gasteiger partial charge in [-0.2, -0.15) is 6.07 Å². The van der Waals surface area contributed by atoms with Gasteiger partial charge in [-0.25, -0.2) is 4.98 Å². The second-order valence-electron chi connectivity index (χ2n) is 22.0. The molecule has 2 aromatic heterocycles. The summed E-state index contributed by atoms with van der Waals surface area (Å²) < 4.78 is 9.73. The van der Waals surface area contributed by atoms with Crippen molar-refractivity contribution in [2.24, 2.45) is 4.99 Å². The molecule has 0 bridgehead atoms. The molecule has 0 N–H and O–H groups in total. The number of para-hydroxylation sites is 1. The second kappa shape index (κ2) is 15.6. The standard InChI is InChI=1S/C62H62N4O.Pt/c1-33(2)41-27-42(59-64-58-47-25-35(4)37(6)39(8)56(47)57-40(9)38(7)36(5)26-50(57)62(58,15)67-59)29-44(28-41)65-52-19-17-16-18-48(52)61(13,14)49-31-46-45-24-34(3)20-21-51(45)66(53(46)32-54(49)65)55-30-43(22-23-63-55)60(10,11)12;/h16-28,30-31,33,58H,1-15H3;/q-2;+2/t58-,62+;/m1./s1. The monoisotopic (exact) mass is 1070 g/mol. The van der Waals surface area contributed by atoms with E-state index in [1.165, 1.54) is 94.2 Å². The third kappa shape index (κ3) is 6.58. The molecule has 1 aliphatic carbocycles. The molecule has 0 saturated heterocycles. The third-order valence-corrected chi connectivity index (χ3v) is 16.0. The molecule has 68 heavy (non-hydrogen) atoms. The van der Waals surface area contributed by atoms with Gasteiger partial charge in [-0.3, -0.25) is 4.99 Å². The van der Waals surface area contributed by atoms with Crippen LogP contribution in [0.4, 0.5) is 17.1 Å². The molecule has 8 aromatic rings. The van der Waals surface area contributed by atoms with E-state index >= 15 is 0 Å². The Morgan fingerprint density at radius 3 is 2.13 bits per heavy atom. The Labute approximate surface area is 418 Å². The van der Waals surface area contributed by atoms with Crippen LogP contribution in [-0.4, -0.2) is 15.4 Å². The number of pyridine rings is 1. The van der Waals surface area contributed by atoms with Crippen LogP contribution in [-0.2, 0) is 42.2 Å². The van der Waals surface area contributed by atoms with Gasteiger partial charge in [0.1, 0.15) is 23.4 Å². The number of anilines is 3. The molecule has 0 amide bonds. The number of aromatic nitrogens is 2. The number of hydrogen-bond acceptors (Lipinski definition) is 4. The van der Waals surface area contributed by atoms with Gasteiger partial charge in [0, 0.05) is 23.0 Å². The summed E-state index contributed by atoms with van der Waals surface area (Å²) in [6.07, 6.45) is 1.95. The van der Waals surface area contributed by atoms with Crippen LogP contribution >= 0.6 is 0 Å². The molecule has 2 atom stereocenters. The van der Waals surface area contributed by atoms with E-state index in [0.717, 1.165) is 39.5 Å². The molecule has 346 valence electrons. The van der Waals surface area contributed by atoms with Crippen LogP contribution in [0.5, 0.6) is 0 Å². The first-order valence-corrected chi connectivity index (χ1v) is 24.1. The zero-order chi connectivity index (χ0) is 47.4. The summed E-state index contributed by atoms with van der Waals surface area (Å²) in [6.45, 7) is 34.0. The van der Waals surface area contributed by atoms with Crippen molar-refractivity contribution in [3.63, 3.8) is 0 Å². The minimum Gasteiger partial charge on any atom is -0.508 e. The SMILES string of the molecule is Cc1ccc2c(c1)c1cc3c([c-]c1n2-c1cc(C(C)(C)C)ccn1)N(c1[c-]c(C2=N[C@@H]4c5cc(C)c(C)c(C)c5-c5c(cc(C)c(C)c5C)[C@]4(C)O2)cc(C(C)C)c1)c1ccccc1C3(C)C.[Pt+2]. The van der Waals surface area contributed by atoms with Gasteiger partial charge in [0.15, 0.2) is 0 Å². The fraction of sp³-hybridized carbons (Fsp3) is 0.323. The Hall–Kier alpha value is -5.77. The van der Waals surface area contributed by atoms with Crippen LogP contribution in [0, 0.1) is 60.6 Å². The van der Waals surface area contributed by atoms with Crippen molar-refractivity contribution in [2.75, 3.05) is 4.90 Å². The predicted octanol–water partition coefficient (Wildman–Crippen LogP) is 15.9. The molecule has 11 rings (SSSR count). The van der Waals surface area contributed by atoms with Gasteiger partial charge >= 0.3 is 21.1 Å². The Balaban J connectivity index is 0.00000539. The zero-order valence-corrected chi connectivity index (χ0v) is 44.6. The molecule has 0 radical (unpaired) electrons. The van der Waals surface area contributed by atoms with E-state index in [-0.39, 0.29) is 43.9 Å². The fourth-order valence-electron chi connectivity index (χ4n) is 11.5. The van der Waals surface area contributed by atoms with Crippen molar-refractivity contribution >= 4 is 44.8 Å². The maximum absolute atomic E-state index is 7.41.